The topological polar surface area (TPSA) is 17.1 Å². The van der Waals surface area contributed by atoms with Gasteiger partial charge in [-0.3, -0.25) is 4.79 Å². The summed E-state index contributed by atoms with van der Waals surface area (Å²) in [6, 6.07) is 18.0. The molecule has 0 unspecified atom stereocenters. The first kappa shape index (κ1) is 14.5. The number of hydrogen-bond acceptors (Lipinski definition) is 1. The van der Waals surface area contributed by atoms with Crippen LogP contribution in [0.2, 0.25) is 0 Å². The van der Waals surface area contributed by atoms with Crippen molar-refractivity contribution < 1.29 is 4.79 Å². The lowest BCUT2D eigenvalue weighted by molar-refractivity contribution is 0.0993. The second-order valence-electron chi connectivity index (χ2n) is 5.90. The molecule has 1 heteroatoms. The monoisotopic (exact) mass is 266 g/mol. The van der Waals surface area contributed by atoms with Crippen LogP contribution in [0, 0.1) is 0 Å². The SMILES string of the molecule is CCC(C)(C)c1ccc(C(=O)Cc2ccccc2)cc1. The second kappa shape index (κ2) is 6.04. The van der Waals surface area contributed by atoms with Gasteiger partial charge in [0.15, 0.2) is 5.78 Å². The second-order valence-corrected chi connectivity index (χ2v) is 5.90. The maximum atomic E-state index is 12.2. The zero-order valence-corrected chi connectivity index (χ0v) is 12.5. The average Bonchev–Trinajstić information content (AvgIpc) is 2.48. The van der Waals surface area contributed by atoms with Crippen LogP contribution in [0.1, 0.15) is 48.7 Å². The Kier molecular flexibility index (Phi) is 4.39. The van der Waals surface area contributed by atoms with Crippen molar-refractivity contribution in [3.63, 3.8) is 0 Å². The molecule has 0 aliphatic heterocycles. The van der Waals surface area contributed by atoms with Gasteiger partial charge in [-0.25, -0.2) is 0 Å². The summed E-state index contributed by atoms with van der Waals surface area (Å²) in [5, 5.41) is 0. The van der Waals surface area contributed by atoms with Crippen molar-refractivity contribution in [2.45, 2.75) is 39.0 Å². The molecule has 0 aliphatic rings. The van der Waals surface area contributed by atoms with Crippen molar-refractivity contribution in [3.8, 4) is 0 Å². The highest BCUT2D eigenvalue weighted by Gasteiger charge is 2.18. The van der Waals surface area contributed by atoms with E-state index in [0.29, 0.717) is 6.42 Å². The molecule has 0 fully saturated rings. The molecule has 0 amide bonds. The lowest BCUT2D eigenvalue weighted by Gasteiger charge is -2.23. The summed E-state index contributed by atoms with van der Waals surface area (Å²) in [5.74, 6) is 0.178. The minimum Gasteiger partial charge on any atom is -0.294 e. The molecule has 0 atom stereocenters. The predicted octanol–water partition coefficient (Wildman–Crippen LogP) is 4.80. The molecule has 104 valence electrons. The van der Waals surface area contributed by atoms with Crippen molar-refractivity contribution in [2.24, 2.45) is 0 Å². The minimum absolute atomic E-state index is 0.168. The normalized spacial score (nSPS) is 11.3. The smallest absolute Gasteiger partial charge is 0.167 e. The fraction of sp³-hybridized carbons (Fsp3) is 0.316. The Labute approximate surface area is 121 Å². The Morgan fingerprint density at radius 3 is 2.10 bits per heavy atom. The summed E-state index contributed by atoms with van der Waals surface area (Å²) in [6.07, 6.45) is 1.56. The molecule has 0 saturated carbocycles. The van der Waals surface area contributed by atoms with Crippen LogP contribution in [0.25, 0.3) is 0 Å². The van der Waals surface area contributed by atoms with Crippen LogP contribution in [0.4, 0.5) is 0 Å². The molecule has 2 rings (SSSR count). The van der Waals surface area contributed by atoms with Crippen LogP contribution in [0.5, 0.6) is 0 Å². The van der Waals surface area contributed by atoms with Crippen molar-refractivity contribution in [1.29, 1.82) is 0 Å². The first-order chi connectivity index (χ1) is 9.53. The van der Waals surface area contributed by atoms with E-state index in [4.69, 9.17) is 0 Å². The summed E-state index contributed by atoms with van der Waals surface area (Å²) >= 11 is 0. The number of carbonyl (C=O) groups excluding carboxylic acids is 1. The van der Waals surface area contributed by atoms with Crippen molar-refractivity contribution in [2.75, 3.05) is 0 Å². The Bertz CT molecular complexity index is 564. The molecular weight excluding hydrogens is 244 g/mol. The standard InChI is InChI=1S/C19H22O/c1-4-19(2,3)17-12-10-16(11-13-17)18(20)14-15-8-6-5-7-9-15/h5-13H,4,14H2,1-3H3. The summed E-state index contributed by atoms with van der Waals surface area (Å²) in [6.45, 7) is 6.65. The molecule has 2 aromatic rings. The van der Waals surface area contributed by atoms with E-state index in [1.54, 1.807) is 0 Å². The maximum Gasteiger partial charge on any atom is 0.167 e. The number of rotatable bonds is 5. The number of Topliss-reactive ketones (excluding diaryl/α,β-unsaturated/α-hetero) is 1. The lowest BCUT2D eigenvalue weighted by Crippen LogP contribution is -2.15. The molecule has 0 radical (unpaired) electrons. The van der Waals surface area contributed by atoms with E-state index < -0.39 is 0 Å². The van der Waals surface area contributed by atoms with Crippen molar-refractivity contribution in [1.82, 2.24) is 0 Å². The summed E-state index contributed by atoms with van der Waals surface area (Å²) < 4.78 is 0. The van der Waals surface area contributed by atoms with Gasteiger partial charge in [-0.2, -0.15) is 0 Å². The van der Waals surface area contributed by atoms with Crippen molar-refractivity contribution in [3.05, 3.63) is 71.3 Å². The molecule has 1 nitrogen and oxygen atoms in total. The molecule has 0 spiro atoms. The molecule has 0 bridgehead atoms. The molecular formula is C19H22O. The van der Waals surface area contributed by atoms with Gasteiger partial charge < -0.3 is 0 Å². The first-order valence-corrected chi connectivity index (χ1v) is 7.20. The Morgan fingerprint density at radius 2 is 1.55 bits per heavy atom. The first-order valence-electron chi connectivity index (χ1n) is 7.20. The van der Waals surface area contributed by atoms with Crippen LogP contribution in [-0.2, 0) is 11.8 Å². The van der Waals surface area contributed by atoms with Gasteiger partial charge in [-0.05, 0) is 23.0 Å². The molecule has 0 heterocycles. The van der Waals surface area contributed by atoms with Gasteiger partial charge in [-0.1, -0.05) is 75.4 Å². The molecule has 2 aromatic carbocycles. The largest absolute Gasteiger partial charge is 0.294 e. The zero-order valence-electron chi connectivity index (χ0n) is 12.5. The highest BCUT2D eigenvalue weighted by atomic mass is 16.1. The fourth-order valence-corrected chi connectivity index (χ4v) is 2.19. The molecule has 0 N–H and O–H groups in total. The van der Waals surface area contributed by atoms with E-state index in [1.807, 2.05) is 42.5 Å². The highest BCUT2D eigenvalue weighted by molar-refractivity contribution is 5.97. The maximum absolute atomic E-state index is 12.2. The van der Waals surface area contributed by atoms with Crippen LogP contribution in [0.3, 0.4) is 0 Å². The quantitative estimate of drug-likeness (QED) is 0.710. The van der Waals surface area contributed by atoms with Gasteiger partial charge in [0.05, 0.1) is 0 Å². The van der Waals surface area contributed by atoms with Crippen LogP contribution in [-0.4, -0.2) is 5.78 Å². The molecule has 0 aromatic heterocycles. The average molecular weight is 266 g/mol. The minimum atomic E-state index is 0.168. The number of benzene rings is 2. The summed E-state index contributed by atoms with van der Waals surface area (Å²) in [4.78, 5) is 12.2. The molecule has 0 saturated heterocycles. The van der Waals surface area contributed by atoms with Gasteiger partial charge in [0.25, 0.3) is 0 Å². The van der Waals surface area contributed by atoms with Gasteiger partial charge >= 0.3 is 0 Å². The van der Waals surface area contributed by atoms with Gasteiger partial charge in [0.1, 0.15) is 0 Å². The van der Waals surface area contributed by atoms with Gasteiger partial charge in [0, 0.05) is 12.0 Å². The predicted molar refractivity (Wildman–Crippen MR) is 84.2 cm³/mol. The Balaban J connectivity index is 2.12. The number of hydrogen-bond donors (Lipinski definition) is 0. The third-order valence-corrected chi connectivity index (χ3v) is 4.08. The van der Waals surface area contributed by atoms with E-state index in [1.165, 1.54) is 5.56 Å². The molecule has 20 heavy (non-hydrogen) atoms. The zero-order chi connectivity index (χ0) is 14.6. The molecule has 0 aliphatic carbocycles. The summed E-state index contributed by atoms with van der Waals surface area (Å²) in [5.41, 5.74) is 3.32. The third kappa shape index (κ3) is 3.36. The van der Waals surface area contributed by atoms with E-state index in [2.05, 4.69) is 32.9 Å². The van der Waals surface area contributed by atoms with E-state index in [0.717, 1.165) is 17.5 Å². The van der Waals surface area contributed by atoms with Gasteiger partial charge in [-0.15, -0.1) is 0 Å². The highest BCUT2D eigenvalue weighted by Crippen LogP contribution is 2.26. The van der Waals surface area contributed by atoms with Crippen LogP contribution < -0.4 is 0 Å². The van der Waals surface area contributed by atoms with Crippen LogP contribution >= 0.6 is 0 Å². The third-order valence-electron chi connectivity index (χ3n) is 4.08. The summed E-state index contributed by atoms with van der Waals surface area (Å²) in [7, 11) is 0. The van der Waals surface area contributed by atoms with Gasteiger partial charge in [0.2, 0.25) is 0 Å². The number of carbonyl (C=O) groups is 1. The van der Waals surface area contributed by atoms with E-state index in [9.17, 15) is 4.79 Å². The number of ketones is 1. The van der Waals surface area contributed by atoms with E-state index in [-0.39, 0.29) is 11.2 Å². The van der Waals surface area contributed by atoms with E-state index >= 15 is 0 Å². The fourth-order valence-electron chi connectivity index (χ4n) is 2.19. The van der Waals surface area contributed by atoms with Crippen LogP contribution in [0.15, 0.2) is 54.6 Å². The van der Waals surface area contributed by atoms with Crippen molar-refractivity contribution >= 4 is 5.78 Å². The Hall–Kier alpha value is -1.89. The lowest BCUT2D eigenvalue weighted by atomic mass is 9.82. The Morgan fingerprint density at radius 1 is 0.950 bits per heavy atom.